The van der Waals surface area contributed by atoms with E-state index in [1.165, 1.54) is 11.2 Å². The minimum absolute atomic E-state index is 0.0915. The molecule has 0 radical (unpaired) electrons. The Morgan fingerprint density at radius 2 is 1.87 bits per heavy atom. The predicted molar refractivity (Wildman–Crippen MR) is 64.0 cm³/mol. The highest BCUT2D eigenvalue weighted by Gasteiger charge is 2.24. The molecule has 0 aromatic rings. The molecule has 0 aromatic heterocycles. The van der Waals surface area contributed by atoms with Gasteiger partial charge in [-0.15, -0.1) is 0 Å². The van der Waals surface area contributed by atoms with E-state index in [1.807, 2.05) is 27.7 Å². The van der Waals surface area contributed by atoms with Gasteiger partial charge >= 0.3 is 6.03 Å². The van der Waals surface area contributed by atoms with E-state index in [2.05, 4.69) is 4.99 Å². The maximum atomic E-state index is 12.0. The Morgan fingerprint density at radius 1 is 1.33 bits per heavy atom. The van der Waals surface area contributed by atoms with Gasteiger partial charge in [-0.3, -0.25) is 9.89 Å². The first-order valence-electron chi connectivity index (χ1n) is 4.95. The lowest BCUT2D eigenvalue weighted by atomic mass is 10.1. The smallest absolute Gasteiger partial charge is 0.322 e. The molecule has 15 heavy (non-hydrogen) atoms. The van der Waals surface area contributed by atoms with Gasteiger partial charge in [0.2, 0.25) is 0 Å². The van der Waals surface area contributed by atoms with Gasteiger partial charge in [0.15, 0.2) is 0 Å². The molecule has 4 heteroatoms. The average molecular weight is 211 g/mol. The molecule has 0 saturated heterocycles. The Balaban J connectivity index is 4.79. The van der Waals surface area contributed by atoms with Gasteiger partial charge in [-0.2, -0.15) is 0 Å². The van der Waals surface area contributed by atoms with Crippen LogP contribution in [0.4, 0.5) is 4.79 Å². The summed E-state index contributed by atoms with van der Waals surface area (Å²) >= 11 is 0. The maximum Gasteiger partial charge on any atom is 0.329 e. The van der Waals surface area contributed by atoms with Crippen LogP contribution in [0.3, 0.4) is 0 Å². The summed E-state index contributed by atoms with van der Waals surface area (Å²) in [7, 11) is 3.42. The SMILES string of the molecule is C/C=C\N(/C=N/C)C(=O)N(C)C(C)(C)C. The molecule has 86 valence electrons. The van der Waals surface area contributed by atoms with Crippen LogP contribution in [0, 0.1) is 0 Å². The summed E-state index contributed by atoms with van der Waals surface area (Å²) in [6.07, 6.45) is 5.00. The van der Waals surface area contributed by atoms with E-state index in [9.17, 15) is 4.79 Å². The summed E-state index contributed by atoms with van der Waals surface area (Å²) in [6.45, 7) is 7.83. The van der Waals surface area contributed by atoms with Crippen molar-refractivity contribution in [3.63, 3.8) is 0 Å². The van der Waals surface area contributed by atoms with Crippen molar-refractivity contribution < 1.29 is 4.79 Å². The minimum atomic E-state index is -0.196. The molecule has 0 atom stereocenters. The van der Waals surface area contributed by atoms with Gasteiger partial charge in [0.25, 0.3) is 0 Å². The van der Waals surface area contributed by atoms with E-state index in [4.69, 9.17) is 0 Å². The molecule has 0 bridgehead atoms. The number of nitrogens with zero attached hydrogens (tertiary/aromatic N) is 3. The summed E-state index contributed by atoms with van der Waals surface area (Å²) in [4.78, 5) is 19.0. The van der Waals surface area contributed by atoms with Crippen LogP contribution in [0.5, 0.6) is 0 Å². The second kappa shape index (κ2) is 5.53. The second-order valence-corrected chi connectivity index (χ2v) is 4.28. The molecule has 0 aromatic carbocycles. The van der Waals surface area contributed by atoms with E-state index >= 15 is 0 Å². The van der Waals surface area contributed by atoms with Crippen LogP contribution in [0.2, 0.25) is 0 Å². The van der Waals surface area contributed by atoms with Crippen molar-refractivity contribution in [1.82, 2.24) is 9.80 Å². The number of urea groups is 1. The first-order valence-corrected chi connectivity index (χ1v) is 4.95. The molecule has 0 aliphatic heterocycles. The van der Waals surface area contributed by atoms with Crippen LogP contribution in [0.25, 0.3) is 0 Å². The minimum Gasteiger partial charge on any atom is -0.322 e. The van der Waals surface area contributed by atoms with Gasteiger partial charge in [0.1, 0.15) is 0 Å². The highest BCUT2D eigenvalue weighted by Crippen LogP contribution is 2.12. The van der Waals surface area contributed by atoms with Crippen molar-refractivity contribution in [3.05, 3.63) is 12.3 Å². The lowest BCUT2D eigenvalue weighted by molar-refractivity contribution is 0.154. The fourth-order valence-electron chi connectivity index (χ4n) is 0.897. The van der Waals surface area contributed by atoms with Crippen molar-refractivity contribution in [3.8, 4) is 0 Å². The Bertz CT molecular complexity index is 251. The number of hydrogen-bond donors (Lipinski definition) is 0. The van der Waals surface area contributed by atoms with Crippen LogP contribution in [0.1, 0.15) is 27.7 Å². The summed E-state index contributed by atoms with van der Waals surface area (Å²) < 4.78 is 0. The Hall–Kier alpha value is -1.32. The molecule has 0 heterocycles. The fraction of sp³-hybridized carbons (Fsp3) is 0.636. The van der Waals surface area contributed by atoms with Crippen molar-refractivity contribution >= 4 is 12.4 Å². The third-order valence-electron chi connectivity index (χ3n) is 2.06. The molecule has 0 N–H and O–H groups in total. The van der Waals surface area contributed by atoms with Gasteiger partial charge in [-0.1, -0.05) is 6.08 Å². The number of hydrogen-bond acceptors (Lipinski definition) is 2. The number of carbonyl (C=O) groups excluding carboxylic acids is 1. The summed E-state index contributed by atoms with van der Waals surface area (Å²) in [5.41, 5.74) is -0.196. The molecule has 0 saturated carbocycles. The highest BCUT2D eigenvalue weighted by molar-refractivity contribution is 5.88. The second-order valence-electron chi connectivity index (χ2n) is 4.28. The Labute approximate surface area is 92.3 Å². The number of carbonyl (C=O) groups is 1. The first kappa shape index (κ1) is 13.7. The largest absolute Gasteiger partial charge is 0.329 e. The van der Waals surface area contributed by atoms with E-state index in [1.54, 1.807) is 31.3 Å². The molecule has 4 nitrogen and oxygen atoms in total. The summed E-state index contributed by atoms with van der Waals surface area (Å²) in [6, 6.07) is -0.0915. The van der Waals surface area contributed by atoms with Crippen LogP contribution in [-0.4, -0.2) is 41.8 Å². The standard InChI is InChI=1S/C11H21N3O/c1-7-8-14(9-12-5)10(15)13(6)11(2,3)4/h7-9H,1-6H3/b8-7-,12-9+. The lowest BCUT2D eigenvalue weighted by Crippen LogP contribution is -2.47. The molecule has 2 amide bonds. The lowest BCUT2D eigenvalue weighted by Gasteiger charge is -2.34. The number of rotatable bonds is 2. The predicted octanol–water partition coefficient (Wildman–Crippen LogP) is 2.33. The van der Waals surface area contributed by atoms with E-state index < -0.39 is 0 Å². The molecule has 0 unspecified atom stereocenters. The Morgan fingerprint density at radius 3 is 2.20 bits per heavy atom. The van der Waals surface area contributed by atoms with Crippen molar-refractivity contribution in [2.75, 3.05) is 14.1 Å². The molecular formula is C11H21N3O. The monoisotopic (exact) mass is 211 g/mol. The summed E-state index contributed by atoms with van der Waals surface area (Å²) in [5.74, 6) is 0. The highest BCUT2D eigenvalue weighted by atomic mass is 16.2. The van der Waals surface area contributed by atoms with Crippen LogP contribution < -0.4 is 0 Å². The Kier molecular flexibility index (Phi) is 5.05. The summed E-state index contributed by atoms with van der Waals surface area (Å²) in [5, 5.41) is 0. The quantitative estimate of drug-likeness (QED) is 0.510. The average Bonchev–Trinajstić information content (AvgIpc) is 2.14. The number of aliphatic imine (C=N–C) groups is 1. The zero-order valence-electron chi connectivity index (χ0n) is 10.5. The van der Waals surface area contributed by atoms with Gasteiger partial charge in [0, 0.05) is 25.8 Å². The number of allylic oxidation sites excluding steroid dienone is 1. The maximum absolute atomic E-state index is 12.0. The molecule has 0 aliphatic carbocycles. The van der Waals surface area contributed by atoms with Crippen molar-refractivity contribution in [1.29, 1.82) is 0 Å². The molecule has 0 rings (SSSR count). The van der Waals surface area contributed by atoms with Crippen molar-refractivity contribution in [2.24, 2.45) is 4.99 Å². The van der Waals surface area contributed by atoms with Crippen LogP contribution in [-0.2, 0) is 0 Å². The third kappa shape index (κ3) is 4.14. The molecule has 0 fully saturated rings. The van der Waals surface area contributed by atoms with Gasteiger partial charge in [-0.05, 0) is 27.7 Å². The van der Waals surface area contributed by atoms with Crippen LogP contribution >= 0.6 is 0 Å². The third-order valence-corrected chi connectivity index (χ3v) is 2.06. The zero-order chi connectivity index (χ0) is 12.1. The zero-order valence-corrected chi connectivity index (χ0v) is 10.5. The van der Waals surface area contributed by atoms with E-state index in [-0.39, 0.29) is 11.6 Å². The molecule has 0 spiro atoms. The van der Waals surface area contributed by atoms with E-state index in [0.717, 1.165) is 0 Å². The normalized spacial score (nSPS) is 12.4. The van der Waals surface area contributed by atoms with E-state index in [0.29, 0.717) is 0 Å². The number of amides is 2. The van der Waals surface area contributed by atoms with Crippen LogP contribution in [0.15, 0.2) is 17.3 Å². The fourth-order valence-corrected chi connectivity index (χ4v) is 0.897. The van der Waals surface area contributed by atoms with Gasteiger partial charge in [0.05, 0.1) is 6.34 Å². The van der Waals surface area contributed by atoms with Gasteiger partial charge in [-0.25, -0.2) is 4.79 Å². The first-order chi connectivity index (χ1) is 6.84. The molecular weight excluding hydrogens is 190 g/mol. The van der Waals surface area contributed by atoms with Crippen molar-refractivity contribution in [2.45, 2.75) is 33.2 Å². The molecule has 0 aliphatic rings. The topological polar surface area (TPSA) is 35.9 Å². The van der Waals surface area contributed by atoms with Gasteiger partial charge < -0.3 is 4.90 Å².